The fourth-order valence-electron chi connectivity index (χ4n) is 3.00. The van der Waals surface area contributed by atoms with Gasteiger partial charge in [0.05, 0.1) is 0 Å². The molecule has 1 aromatic rings. The Morgan fingerprint density at radius 2 is 2.08 bits per heavy atom. The predicted molar refractivity (Wildman–Crippen MR) is 95.8 cm³/mol. The minimum absolute atomic E-state index is 0.0413. The lowest BCUT2D eigenvalue weighted by atomic mass is 9.99. The van der Waals surface area contributed by atoms with Gasteiger partial charge in [-0.3, -0.25) is 9.59 Å². The highest BCUT2D eigenvalue weighted by Gasteiger charge is 2.18. The van der Waals surface area contributed by atoms with E-state index in [1.807, 2.05) is 6.92 Å². The van der Waals surface area contributed by atoms with Crippen LogP contribution in [0.3, 0.4) is 0 Å². The summed E-state index contributed by atoms with van der Waals surface area (Å²) in [5, 5.41) is 12.1. The van der Waals surface area contributed by atoms with Crippen LogP contribution in [-0.2, 0) is 4.79 Å². The highest BCUT2D eigenvalue weighted by atomic mass is 16.5. The number of Topliss-reactive ketones (excluding diaryl/α,β-unsaturated/α-hetero) is 1. The molecule has 0 spiro atoms. The Morgan fingerprint density at radius 1 is 1.32 bits per heavy atom. The molecule has 1 aliphatic rings. The van der Waals surface area contributed by atoms with Crippen molar-refractivity contribution < 1.29 is 19.4 Å². The highest BCUT2D eigenvalue weighted by molar-refractivity contribution is 5.95. The van der Waals surface area contributed by atoms with Gasteiger partial charge in [0.1, 0.15) is 5.75 Å². The third-order valence-electron chi connectivity index (χ3n) is 4.48. The van der Waals surface area contributed by atoms with Gasteiger partial charge in [-0.15, -0.1) is 0 Å². The number of aliphatic hydroxyl groups excluding tert-OH is 1. The fraction of sp³-hybridized carbons (Fsp3) is 0.579. The summed E-state index contributed by atoms with van der Waals surface area (Å²) in [7, 11) is 0. The van der Waals surface area contributed by atoms with E-state index in [4.69, 9.17) is 4.74 Å². The second-order valence-corrected chi connectivity index (χ2v) is 6.43. The molecule has 1 heterocycles. The number of nitrogens with one attached hydrogen (secondary N) is 1. The summed E-state index contributed by atoms with van der Waals surface area (Å²) in [5.74, 6) is 0.856. The summed E-state index contributed by atoms with van der Waals surface area (Å²) in [6, 6.07) is 6.85. The van der Waals surface area contributed by atoms with E-state index < -0.39 is 0 Å². The van der Waals surface area contributed by atoms with Gasteiger partial charge in [-0.05, 0) is 49.6 Å². The number of benzene rings is 1. The molecule has 6 nitrogen and oxygen atoms in total. The van der Waals surface area contributed by atoms with Crippen molar-refractivity contribution in [1.29, 1.82) is 0 Å². The Kier molecular flexibility index (Phi) is 7.88. The van der Waals surface area contributed by atoms with Gasteiger partial charge in [0.2, 0.25) is 0 Å². The molecule has 1 aromatic carbocycles. The van der Waals surface area contributed by atoms with Crippen LogP contribution in [0.4, 0.5) is 0 Å². The number of nitrogens with zero attached hydrogens (tertiary/aromatic N) is 1. The Labute approximate surface area is 149 Å². The molecule has 1 aliphatic heterocycles. The zero-order valence-electron chi connectivity index (χ0n) is 14.9. The lowest BCUT2D eigenvalue weighted by Crippen LogP contribution is -2.42. The van der Waals surface area contributed by atoms with E-state index in [1.165, 1.54) is 0 Å². The van der Waals surface area contributed by atoms with Crippen molar-refractivity contribution in [3.63, 3.8) is 0 Å². The van der Waals surface area contributed by atoms with E-state index in [0.29, 0.717) is 30.2 Å². The topological polar surface area (TPSA) is 78.9 Å². The number of rotatable bonds is 9. The average molecular weight is 348 g/mol. The first kappa shape index (κ1) is 19.4. The molecule has 0 bridgehead atoms. The van der Waals surface area contributed by atoms with Crippen molar-refractivity contribution in [3.8, 4) is 5.75 Å². The van der Waals surface area contributed by atoms with E-state index in [2.05, 4.69) is 10.2 Å². The SMILES string of the molecule is CCC(=O)c1ccc(OCC(=O)NCCN2CCC[C@@H](CO)C2)cc1. The number of likely N-dealkylation sites (tertiary alicyclic amines) is 1. The standard InChI is InChI=1S/C19H28N2O4/c1-2-18(23)16-5-7-17(8-6-16)25-14-19(24)20-9-11-21-10-3-4-15(12-21)13-22/h5-8,15,22H,2-4,9-14H2,1H3,(H,20,24)/t15-/m1/s1. The number of hydrogen-bond donors (Lipinski definition) is 2. The van der Waals surface area contributed by atoms with Crippen molar-refractivity contribution >= 4 is 11.7 Å². The summed E-state index contributed by atoms with van der Waals surface area (Å²) in [6.07, 6.45) is 2.65. The van der Waals surface area contributed by atoms with Gasteiger partial charge in [-0.1, -0.05) is 6.92 Å². The van der Waals surface area contributed by atoms with Crippen LogP contribution in [0, 0.1) is 5.92 Å². The quantitative estimate of drug-likeness (QED) is 0.661. The normalized spacial score (nSPS) is 17.9. The molecule has 2 rings (SSSR count). The third kappa shape index (κ3) is 6.48. The molecule has 1 fully saturated rings. The highest BCUT2D eigenvalue weighted by Crippen LogP contribution is 2.15. The first-order chi connectivity index (χ1) is 12.1. The van der Waals surface area contributed by atoms with E-state index in [0.717, 1.165) is 32.5 Å². The second kappa shape index (κ2) is 10.2. The number of ketones is 1. The molecule has 6 heteroatoms. The molecule has 0 saturated carbocycles. The average Bonchev–Trinajstić information content (AvgIpc) is 2.66. The number of ether oxygens (including phenoxy) is 1. The maximum Gasteiger partial charge on any atom is 0.257 e. The molecule has 1 saturated heterocycles. The van der Waals surface area contributed by atoms with Crippen molar-refractivity contribution in [2.75, 3.05) is 39.4 Å². The maximum absolute atomic E-state index is 11.9. The number of hydrogen-bond acceptors (Lipinski definition) is 5. The molecule has 0 unspecified atom stereocenters. The van der Waals surface area contributed by atoms with Crippen molar-refractivity contribution in [1.82, 2.24) is 10.2 Å². The summed E-state index contributed by atoms with van der Waals surface area (Å²) < 4.78 is 5.44. The predicted octanol–water partition coefficient (Wildman–Crippen LogP) is 1.48. The van der Waals surface area contributed by atoms with Gasteiger partial charge < -0.3 is 20.1 Å². The van der Waals surface area contributed by atoms with Gasteiger partial charge in [-0.2, -0.15) is 0 Å². The van der Waals surface area contributed by atoms with Gasteiger partial charge in [0.15, 0.2) is 12.4 Å². The number of carbonyl (C=O) groups excluding carboxylic acids is 2. The zero-order chi connectivity index (χ0) is 18.1. The Hall–Kier alpha value is -1.92. The molecule has 0 aromatic heterocycles. The molecule has 138 valence electrons. The third-order valence-corrected chi connectivity index (χ3v) is 4.48. The Balaban J connectivity index is 1.64. The molecular weight excluding hydrogens is 320 g/mol. The van der Waals surface area contributed by atoms with Crippen LogP contribution in [0.1, 0.15) is 36.5 Å². The lowest BCUT2D eigenvalue weighted by Gasteiger charge is -2.31. The van der Waals surface area contributed by atoms with E-state index in [1.54, 1.807) is 24.3 Å². The molecule has 1 atom stereocenters. The van der Waals surface area contributed by atoms with Crippen LogP contribution in [-0.4, -0.2) is 61.1 Å². The smallest absolute Gasteiger partial charge is 0.257 e. The van der Waals surface area contributed by atoms with Crippen LogP contribution in [0.5, 0.6) is 5.75 Å². The molecule has 25 heavy (non-hydrogen) atoms. The maximum atomic E-state index is 11.9. The fourth-order valence-corrected chi connectivity index (χ4v) is 3.00. The van der Waals surface area contributed by atoms with Crippen LogP contribution >= 0.6 is 0 Å². The van der Waals surface area contributed by atoms with Crippen molar-refractivity contribution in [3.05, 3.63) is 29.8 Å². The first-order valence-electron chi connectivity index (χ1n) is 8.98. The monoisotopic (exact) mass is 348 g/mol. The van der Waals surface area contributed by atoms with Crippen LogP contribution in [0.25, 0.3) is 0 Å². The summed E-state index contributed by atoms with van der Waals surface area (Å²) >= 11 is 0. The molecule has 2 N–H and O–H groups in total. The van der Waals surface area contributed by atoms with E-state index in [9.17, 15) is 14.7 Å². The summed E-state index contributed by atoms with van der Waals surface area (Å²) in [6.45, 7) is 5.29. The zero-order valence-corrected chi connectivity index (χ0v) is 14.9. The number of aliphatic hydroxyl groups is 1. The van der Waals surface area contributed by atoms with Gasteiger partial charge in [-0.25, -0.2) is 0 Å². The summed E-state index contributed by atoms with van der Waals surface area (Å²) in [4.78, 5) is 25.7. The molecule has 0 aliphatic carbocycles. The number of amides is 1. The van der Waals surface area contributed by atoms with E-state index in [-0.39, 0.29) is 24.9 Å². The van der Waals surface area contributed by atoms with E-state index >= 15 is 0 Å². The molecule has 1 amide bonds. The van der Waals surface area contributed by atoms with Gasteiger partial charge in [0, 0.05) is 38.2 Å². The van der Waals surface area contributed by atoms with Gasteiger partial charge in [0.25, 0.3) is 5.91 Å². The molecular formula is C19H28N2O4. The van der Waals surface area contributed by atoms with Crippen LogP contribution in [0.2, 0.25) is 0 Å². The second-order valence-electron chi connectivity index (χ2n) is 6.43. The number of carbonyl (C=O) groups is 2. The molecule has 0 radical (unpaired) electrons. The minimum atomic E-state index is -0.163. The van der Waals surface area contributed by atoms with Crippen LogP contribution in [0.15, 0.2) is 24.3 Å². The van der Waals surface area contributed by atoms with Crippen LogP contribution < -0.4 is 10.1 Å². The van der Waals surface area contributed by atoms with Crippen molar-refractivity contribution in [2.24, 2.45) is 5.92 Å². The Bertz CT molecular complexity index is 559. The minimum Gasteiger partial charge on any atom is -0.484 e. The lowest BCUT2D eigenvalue weighted by molar-refractivity contribution is -0.123. The Morgan fingerprint density at radius 3 is 2.76 bits per heavy atom. The van der Waals surface area contributed by atoms with Gasteiger partial charge >= 0.3 is 0 Å². The van der Waals surface area contributed by atoms with Crippen molar-refractivity contribution in [2.45, 2.75) is 26.2 Å². The number of piperidine rings is 1. The first-order valence-corrected chi connectivity index (χ1v) is 8.98. The summed E-state index contributed by atoms with van der Waals surface area (Å²) in [5.41, 5.74) is 0.655. The largest absolute Gasteiger partial charge is 0.484 e.